The van der Waals surface area contributed by atoms with E-state index in [-0.39, 0.29) is 5.41 Å². The molecule has 1 aromatic rings. The van der Waals surface area contributed by atoms with Crippen molar-refractivity contribution in [1.29, 1.82) is 0 Å². The van der Waals surface area contributed by atoms with E-state index in [0.717, 1.165) is 29.4 Å². The molecule has 1 rings (SSSR count). The fraction of sp³-hybridized carbons (Fsp3) is 0.571. The minimum Gasteiger partial charge on any atom is -0.493 e. The van der Waals surface area contributed by atoms with E-state index in [1.54, 1.807) is 0 Å². The molecule has 0 aliphatic rings. The molecule has 0 aromatic heterocycles. The molecule has 0 radical (unpaired) electrons. The summed E-state index contributed by atoms with van der Waals surface area (Å²) in [4.78, 5) is 0. The number of ether oxygens (including phenoxy) is 1. The Morgan fingerprint density at radius 3 is 2.65 bits per heavy atom. The Bertz CT molecular complexity index is 363. The van der Waals surface area contributed by atoms with E-state index >= 15 is 0 Å². The SMILES string of the molecule is CCNCC(C)(C)COc1ccc(Cl)c(C)c1. The smallest absolute Gasteiger partial charge is 0.119 e. The van der Waals surface area contributed by atoms with Gasteiger partial charge in [-0.3, -0.25) is 0 Å². The number of hydrogen-bond acceptors (Lipinski definition) is 2. The number of aryl methyl sites for hydroxylation is 1. The van der Waals surface area contributed by atoms with E-state index in [1.165, 1.54) is 0 Å². The van der Waals surface area contributed by atoms with Gasteiger partial charge in [0.05, 0.1) is 6.61 Å². The highest BCUT2D eigenvalue weighted by Gasteiger charge is 2.18. The highest BCUT2D eigenvalue weighted by Crippen LogP contribution is 2.23. The molecule has 0 aliphatic carbocycles. The zero-order valence-corrected chi connectivity index (χ0v) is 11.9. The molecule has 2 nitrogen and oxygen atoms in total. The average molecular weight is 256 g/mol. The predicted molar refractivity (Wildman–Crippen MR) is 74.0 cm³/mol. The summed E-state index contributed by atoms with van der Waals surface area (Å²) in [6.45, 7) is 11.1. The van der Waals surface area contributed by atoms with Crippen LogP contribution in [0.5, 0.6) is 5.75 Å². The van der Waals surface area contributed by atoms with Crippen LogP contribution in [0.15, 0.2) is 18.2 Å². The Morgan fingerprint density at radius 1 is 1.35 bits per heavy atom. The van der Waals surface area contributed by atoms with Crippen LogP contribution in [0.25, 0.3) is 0 Å². The fourth-order valence-electron chi connectivity index (χ4n) is 1.50. The molecule has 0 bridgehead atoms. The normalized spacial score (nSPS) is 11.6. The monoisotopic (exact) mass is 255 g/mol. The highest BCUT2D eigenvalue weighted by atomic mass is 35.5. The van der Waals surface area contributed by atoms with Crippen LogP contribution in [0.1, 0.15) is 26.3 Å². The third kappa shape index (κ3) is 4.97. The number of nitrogens with one attached hydrogen (secondary N) is 1. The second-order valence-electron chi connectivity index (χ2n) is 5.14. The van der Waals surface area contributed by atoms with E-state index in [1.807, 2.05) is 25.1 Å². The Hall–Kier alpha value is -0.730. The summed E-state index contributed by atoms with van der Waals surface area (Å²) in [5.41, 5.74) is 1.18. The molecule has 1 N–H and O–H groups in total. The third-order valence-electron chi connectivity index (χ3n) is 2.61. The first-order chi connectivity index (χ1) is 7.94. The van der Waals surface area contributed by atoms with Crippen LogP contribution in [-0.2, 0) is 0 Å². The number of hydrogen-bond donors (Lipinski definition) is 1. The van der Waals surface area contributed by atoms with Crippen LogP contribution >= 0.6 is 11.6 Å². The van der Waals surface area contributed by atoms with E-state index in [0.29, 0.717) is 6.61 Å². The summed E-state index contributed by atoms with van der Waals surface area (Å²) in [7, 11) is 0. The lowest BCUT2D eigenvalue weighted by Crippen LogP contribution is -2.34. The minimum atomic E-state index is 0.129. The molecule has 17 heavy (non-hydrogen) atoms. The number of halogens is 1. The van der Waals surface area contributed by atoms with Crippen LogP contribution in [0.4, 0.5) is 0 Å². The molecule has 0 saturated heterocycles. The standard InChI is InChI=1S/C14H22ClNO/c1-5-16-9-14(3,4)10-17-12-6-7-13(15)11(2)8-12/h6-8,16H,5,9-10H2,1-4H3. The number of rotatable bonds is 6. The summed E-state index contributed by atoms with van der Waals surface area (Å²) in [6, 6.07) is 5.77. The van der Waals surface area contributed by atoms with Gasteiger partial charge in [0, 0.05) is 17.0 Å². The quantitative estimate of drug-likeness (QED) is 0.838. The van der Waals surface area contributed by atoms with Gasteiger partial charge in [0.25, 0.3) is 0 Å². The highest BCUT2D eigenvalue weighted by molar-refractivity contribution is 6.31. The maximum Gasteiger partial charge on any atom is 0.119 e. The van der Waals surface area contributed by atoms with Gasteiger partial charge in [0.15, 0.2) is 0 Å². The van der Waals surface area contributed by atoms with Crippen molar-refractivity contribution in [3.05, 3.63) is 28.8 Å². The second-order valence-corrected chi connectivity index (χ2v) is 5.55. The van der Waals surface area contributed by atoms with Crippen LogP contribution < -0.4 is 10.1 Å². The van der Waals surface area contributed by atoms with Crippen molar-refractivity contribution in [2.24, 2.45) is 5.41 Å². The largest absolute Gasteiger partial charge is 0.493 e. The Kier molecular flexibility index (Phi) is 5.29. The molecule has 0 atom stereocenters. The molecule has 96 valence electrons. The van der Waals surface area contributed by atoms with Gasteiger partial charge in [-0.2, -0.15) is 0 Å². The molecule has 0 amide bonds. The van der Waals surface area contributed by atoms with E-state index < -0.39 is 0 Å². The van der Waals surface area contributed by atoms with Crippen LogP contribution in [0.3, 0.4) is 0 Å². The molecule has 1 aromatic carbocycles. The topological polar surface area (TPSA) is 21.3 Å². The predicted octanol–water partition coefficient (Wildman–Crippen LogP) is 3.66. The van der Waals surface area contributed by atoms with Crippen LogP contribution in [0.2, 0.25) is 5.02 Å². The van der Waals surface area contributed by atoms with Gasteiger partial charge in [-0.25, -0.2) is 0 Å². The first-order valence-corrected chi connectivity index (χ1v) is 6.42. The van der Waals surface area contributed by atoms with Crippen LogP contribution in [-0.4, -0.2) is 19.7 Å². The first-order valence-electron chi connectivity index (χ1n) is 6.04. The molecule has 0 aliphatic heterocycles. The van der Waals surface area contributed by atoms with Crippen molar-refractivity contribution in [1.82, 2.24) is 5.32 Å². The summed E-state index contributed by atoms with van der Waals surface area (Å²) in [6.07, 6.45) is 0. The summed E-state index contributed by atoms with van der Waals surface area (Å²) >= 11 is 5.97. The molecule has 0 fully saturated rings. The molecular weight excluding hydrogens is 234 g/mol. The van der Waals surface area contributed by atoms with Gasteiger partial charge < -0.3 is 10.1 Å². The van der Waals surface area contributed by atoms with E-state index in [4.69, 9.17) is 16.3 Å². The molecule has 0 saturated carbocycles. The molecule has 3 heteroatoms. The van der Waals surface area contributed by atoms with Crippen molar-refractivity contribution in [3.8, 4) is 5.75 Å². The Labute approximate surface area is 109 Å². The third-order valence-corrected chi connectivity index (χ3v) is 3.04. The molecular formula is C14H22ClNO. The molecule has 0 spiro atoms. The lowest BCUT2D eigenvalue weighted by molar-refractivity contribution is 0.177. The second kappa shape index (κ2) is 6.27. The van der Waals surface area contributed by atoms with Crippen molar-refractivity contribution in [2.75, 3.05) is 19.7 Å². The summed E-state index contributed by atoms with van der Waals surface area (Å²) in [5, 5.41) is 4.13. The maximum absolute atomic E-state index is 5.97. The average Bonchev–Trinajstić information content (AvgIpc) is 2.28. The van der Waals surface area contributed by atoms with Gasteiger partial charge in [-0.15, -0.1) is 0 Å². The first kappa shape index (κ1) is 14.3. The van der Waals surface area contributed by atoms with Gasteiger partial charge >= 0.3 is 0 Å². The lowest BCUT2D eigenvalue weighted by atomic mass is 9.95. The van der Waals surface area contributed by atoms with E-state index in [2.05, 4.69) is 26.1 Å². The van der Waals surface area contributed by atoms with Gasteiger partial charge in [0.1, 0.15) is 5.75 Å². The van der Waals surface area contributed by atoms with E-state index in [9.17, 15) is 0 Å². The fourth-order valence-corrected chi connectivity index (χ4v) is 1.62. The van der Waals surface area contributed by atoms with Gasteiger partial charge in [-0.05, 0) is 37.2 Å². The Morgan fingerprint density at radius 2 is 2.06 bits per heavy atom. The number of benzene rings is 1. The van der Waals surface area contributed by atoms with Crippen molar-refractivity contribution in [3.63, 3.8) is 0 Å². The summed E-state index contributed by atoms with van der Waals surface area (Å²) < 4.78 is 5.81. The van der Waals surface area contributed by atoms with Crippen molar-refractivity contribution < 1.29 is 4.74 Å². The molecule has 0 unspecified atom stereocenters. The Balaban J connectivity index is 2.51. The molecule has 0 heterocycles. The maximum atomic E-state index is 5.97. The minimum absolute atomic E-state index is 0.129. The van der Waals surface area contributed by atoms with Crippen molar-refractivity contribution >= 4 is 11.6 Å². The van der Waals surface area contributed by atoms with Gasteiger partial charge in [0.2, 0.25) is 0 Å². The zero-order valence-electron chi connectivity index (χ0n) is 11.1. The van der Waals surface area contributed by atoms with Crippen LogP contribution in [0, 0.1) is 12.3 Å². The summed E-state index contributed by atoms with van der Waals surface area (Å²) in [5.74, 6) is 0.886. The van der Waals surface area contributed by atoms with Crippen molar-refractivity contribution in [2.45, 2.75) is 27.7 Å². The lowest BCUT2D eigenvalue weighted by Gasteiger charge is -2.25. The zero-order chi connectivity index (χ0) is 12.9. The van der Waals surface area contributed by atoms with Gasteiger partial charge in [-0.1, -0.05) is 32.4 Å².